The number of nitrogens with two attached hydrogens (primary N) is 1. The Morgan fingerprint density at radius 3 is 2.18 bits per heavy atom. The maximum Gasteiger partial charge on any atom is 0.326 e. The average molecular weight is 383 g/mol. The molecule has 0 unspecified atom stereocenters. The number of anilines is 1. The van der Waals surface area contributed by atoms with E-state index in [0.717, 1.165) is 36.5 Å². The highest BCUT2D eigenvalue weighted by Crippen LogP contribution is 2.40. The lowest BCUT2D eigenvalue weighted by Crippen LogP contribution is -2.47. The number of nitrogen functional groups attached to an aromatic ring is 1. The van der Waals surface area contributed by atoms with Gasteiger partial charge in [0, 0.05) is 5.69 Å². The summed E-state index contributed by atoms with van der Waals surface area (Å²) in [5.74, 6) is -0.868. The van der Waals surface area contributed by atoms with E-state index in [1.54, 1.807) is 12.1 Å². The number of amides is 1. The highest BCUT2D eigenvalue weighted by Gasteiger charge is 2.36. The molecule has 0 heterocycles. The lowest BCUT2D eigenvalue weighted by Gasteiger charge is -2.38. The summed E-state index contributed by atoms with van der Waals surface area (Å²) in [4.78, 5) is 24.7. The van der Waals surface area contributed by atoms with Crippen LogP contribution in [-0.4, -0.2) is 23.0 Å². The van der Waals surface area contributed by atoms with Crippen LogP contribution in [0.25, 0.3) is 10.8 Å². The summed E-state index contributed by atoms with van der Waals surface area (Å²) in [7, 11) is 0. The molecule has 0 aliphatic heterocycles. The Balaban J connectivity index is 1.75. The monoisotopic (exact) mass is 382 g/mol. The quantitative estimate of drug-likeness (QED) is 0.681. The number of hydrogen-bond donors (Lipinski definition) is 3. The van der Waals surface area contributed by atoms with Crippen molar-refractivity contribution in [2.45, 2.75) is 52.5 Å². The van der Waals surface area contributed by atoms with Gasteiger partial charge in [-0.3, -0.25) is 4.79 Å². The Kier molecular flexibility index (Phi) is 5.64. The molecule has 0 saturated heterocycles. The van der Waals surface area contributed by atoms with Gasteiger partial charge in [0.05, 0.1) is 5.56 Å². The third-order valence-electron chi connectivity index (χ3n) is 6.18. The van der Waals surface area contributed by atoms with E-state index < -0.39 is 17.9 Å². The summed E-state index contributed by atoms with van der Waals surface area (Å²) < 4.78 is 0. The number of fused-ring (bicyclic) bond motifs is 1. The van der Waals surface area contributed by atoms with Gasteiger partial charge in [-0.25, -0.2) is 4.79 Å². The molecule has 1 fully saturated rings. The smallest absolute Gasteiger partial charge is 0.326 e. The van der Waals surface area contributed by atoms with Crippen LogP contribution in [0.15, 0.2) is 36.4 Å². The number of carboxylic acids is 1. The molecule has 0 bridgehead atoms. The second kappa shape index (κ2) is 7.82. The maximum atomic E-state index is 12.8. The summed E-state index contributed by atoms with van der Waals surface area (Å²) in [6, 6.07) is 10.3. The van der Waals surface area contributed by atoms with E-state index in [1.807, 2.05) is 24.3 Å². The summed E-state index contributed by atoms with van der Waals surface area (Å²) >= 11 is 0. The first-order valence-electron chi connectivity index (χ1n) is 9.98. The first-order chi connectivity index (χ1) is 13.2. The molecule has 28 heavy (non-hydrogen) atoms. The van der Waals surface area contributed by atoms with Crippen molar-refractivity contribution in [3.8, 4) is 0 Å². The fourth-order valence-corrected chi connectivity index (χ4v) is 4.37. The van der Waals surface area contributed by atoms with Gasteiger partial charge in [-0.15, -0.1) is 0 Å². The van der Waals surface area contributed by atoms with Crippen LogP contribution < -0.4 is 11.1 Å². The van der Waals surface area contributed by atoms with Crippen molar-refractivity contribution in [2.75, 3.05) is 5.73 Å². The number of carbonyl (C=O) groups excluding carboxylic acids is 1. The van der Waals surface area contributed by atoms with Crippen LogP contribution in [0.3, 0.4) is 0 Å². The lowest BCUT2D eigenvalue weighted by molar-refractivity contribution is -0.141. The van der Waals surface area contributed by atoms with Crippen molar-refractivity contribution in [1.29, 1.82) is 0 Å². The molecule has 1 aliphatic carbocycles. The van der Waals surface area contributed by atoms with E-state index in [9.17, 15) is 14.7 Å². The van der Waals surface area contributed by atoms with Gasteiger partial charge in [0.2, 0.25) is 0 Å². The zero-order valence-corrected chi connectivity index (χ0v) is 16.9. The van der Waals surface area contributed by atoms with E-state index in [2.05, 4.69) is 26.1 Å². The van der Waals surface area contributed by atoms with Crippen LogP contribution in [0.1, 0.15) is 56.8 Å². The molecular weight excluding hydrogens is 352 g/mol. The Bertz CT molecular complexity index is 877. The molecule has 3 rings (SSSR count). The predicted octanol–water partition coefficient (Wildman–Crippen LogP) is 4.46. The predicted molar refractivity (Wildman–Crippen MR) is 112 cm³/mol. The molecule has 4 N–H and O–H groups in total. The minimum Gasteiger partial charge on any atom is -0.480 e. The zero-order valence-electron chi connectivity index (χ0n) is 16.9. The Morgan fingerprint density at radius 1 is 1.07 bits per heavy atom. The highest BCUT2D eigenvalue weighted by atomic mass is 16.4. The molecule has 1 saturated carbocycles. The molecule has 0 spiro atoms. The van der Waals surface area contributed by atoms with E-state index in [0.29, 0.717) is 17.2 Å². The largest absolute Gasteiger partial charge is 0.480 e. The molecule has 1 amide bonds. The third-order valence-corrected chi connectivity index (χ3v) is 6.18. The number of rotatable bonds is 4. The minimum absolute atomic E-state index is 0.0540. The van der Waals surface area contributed by atoms with Crippen molar-refractivity contribution in [1.82, 2.24) is 5.32 Å². The third kappa shape index (κ3) is 4.29. The summed E-state index contributed by atoms with van der Waals surface area (Å²) in [5, 5.41) is 14.3. The number of nitrogens with one attached hydrogen (secondary N) is 1. The SMILES string of the molecule is CC(C)(C)C1CCC([C@H](NC(=O)c2cc3ccccc3cc2N)C(=O)O)CC1. The average Bonchev–Trinajstić information content (AvgIpc) is 2.64. The molecule has 2 aromatic rings. The van der Waals surface area contributed by atoms with E-state index in [-0.39, 0.29) is 11.3 Å². The van der Waals surface area contributed by atoms with Crippen LogP contribution >= 0.6 is 0 Å². The number of carboxylic acid groups (broad SMARTS) is 1. The first-order valence-corrected chi connectivity index (χ1v) is 9.98. The van der Waals surface area contributed by atoms with Crippen molar-refractivity contribution in [3.63, 3.8) is 0 Å². The summed E-state index contributed by atoms with van der Waals surface area (Å²) in [6.07, 6.45) is 3.61. The Morgan fingerprint density at radius 2 is 1.64 bits per heavy atom. The van der Waals surface area contributed by atoms with Crippen molar-refractivity contribution in [2.24, 2.45) is 17.3 Å². The fraction of sp³-hybridized carbons (Fsp3) is 0.478. The highest BCUT2D eigenvalue weighted by molar-refractivity contribution is 6.05. The first kappa shape index (κ1) is 20.2. The van der Waals surface area contributed by atoms with Crippen molar-refractivity contribution >= 4 is 28.3 Å². The standard InChI is InChI=1S/C23H30N2O3/c1-23(2,3)17-10-8-14(9-11-17)20(22(27)28)25-21(26)18-12-15-6-4-5-7-16(15)13-19(18)24/h4-7,12-14,17,20H,8-11,24H2,1-3H3,(H,25,26)(H,27,28)/t14?,17?,20-/m0/s1. The van der Waals surface area contributed by atoms with E-state index in [1.165, 1.54) is 0 Å². The minimum atomic E-state index is -0.980. The van der Waals surface area contributed by atoms with Crippen LogP contribution in [0.4, 0.5) is 5.69 Å². The molecule has 1 aliphatic rings. The van der Waals surface area contributed by atoms with Gasteiger partial charge >= 0.3 is 5.97 Å². The van der Waals surface area contributed by atoms with Gasteiger partial charge in [0.15, 0.2) is 0 Å². The Labute approximate surface area is 166 Å². The van der Waals surface area contributed by atoms with Crippen molar-refractivity contribution < 1.29 is 14.7 Å². The fourth-order valence-electron chi connectivity index (χ4n) is 4.37. The molecule has 5 nitrogen and oxygen atoms in total. The molecule has 5 heteroatoms. The van der Waals surface area contributed by atoms with Gasteiger partial charge in [-0.2, -0.15) is 0 Å². The van der Waals surface area contributed by atoms with E-state index in [4.69, 9.17) is 5.73 Å². The topological polar surface area (TPSA) is 92.4 Å². The van der Waals surface area contributed by atoms with E-state index >= 15 is 0 Å². The van der Waals surface area contributed by atoms with Gasteiger partial charge < -0.3 is 16.2 Å². The molecule has 1 atom stereocenters. The second-order valence-electron chi connectivity index (χ2n) is 9.05. The number of aliphatic carboxylic acids is 1. The molecule has 0 aromatic heterocycles. The number of hydrogen-bond acceptors (Lipinski definition) is 3. The summed E-state index contributed by atoms with van der Waals surface area (Å²) in [5.41, 5.74) is 6.99. The summed E-state index contributed by atoms with van der Waals surface area (Å²) in [6.45, 7) is 6.70. The van der Waals surface area contributed by atoms with Gasteiger partial charge in [-0.05, 0) is 65.8 Å². The van der Waals surface area contributed by atoms with Crippen LogP contribution in [-0.2, 0) is 4.79 Å². The maximum absolute atomic E-state index is 12.8. The molecule has 150 valence electrons. The van der Waals surface area contributed by atoms with Crippen LogP contribution in [0.2, 0.25) is 0 Å². The van der Waals surface area contributed by atoms with Crippen LogP contribution in [0, 0.1) is 17.3 Å². The van der Waals surface area contributed by atoms with Gasteiger partial charge in [0.25, 0.3) is 5.91 Å². The van der Waals surface area contributed by atoms with Gasteiger partial charge in [0.1, 0.15) is 6.04 Å². The normalized spacial score (nSPS) is 21.2. The number of benzene rings is 2. The molecule has 0 radical (unpaired) electrons. The second-order valence-corrected chi connectivity index (χ2v) is 9.05. The van der Waals surface area contributed by atoms with Crippen LogP contribution in [0.5, 0.6) is 0 Å². The molecular formula is C23H30N2O3. The Hall–Kier alpha value is -2.56. The number of carbonyl (C=O) groups is 2. The van der Waals surface area contributed by atoms with Gasteiger partial charge in [-0.1, -0.05) is 45.0 Å². The molecule has 2 aromatic carbocycles. The van der Waals surface area contributed by atoms with Crippen molar-refractivity contribution in [3.05, 3.63) is 42.0 Å². The lowest BCUT2D eigenvalue weighted by atomic mass is 9.68. The zero-order chi connectivity index (χ0) is 20.5.